The number of primary amides is 1. The van der Waals surface area contributed by atoms with Crippen LogP contribution in [-0.4, -0.2) is 32.2 Å². The van der Waals surface area contributed by atoms with Gasteiger partial charge < -0.3 is 20.1 Å². The molecule has 5 heteroatoms. The van der Waals surface area contributed by atoms with Crippen molar-refractivity contribution in [3.63, 3.8) is 0 Å². The highest BCUT2D eigenvalue weighted by atomic mass is 16.5. The van der Waals surface area contributed by atoms with E-state index in [1.807, 2.05) is 30.3 Å². The molecule has 1 amide bonds. The van der Waals surface area contributed by atoms with E-state index in [9.17, 15) is 4.79 Å². The van der Waals surface area contributed by atoms with Crippen LogP contribution in [0.15, 0.2) is 54.1 Å². The van der Waals surface area contributed by atoms with Gasteiger partial charge in [0.1, 0.15) is 11.9 Å². The van der Waals surface area contributed by atoms with Crippen LogP contribution in [0.1, 0.15) is 23.7 Å². The summed E-state index contributed by atoms with van der Waals surface area (Å²) in [5.41, 5.74) is 9.25. The molecule has 1 unspecified atom stereocenters. The Bertz CT molecular complexity index is 823. The van der Waals surface area contributed by atoms with Gasteiger partial charge in [0, 0.05) is 36.3 Å². The van der Waals surface area contributed by atoms with E-state index in [-0.39, 0.29) is 6.10 Å². The quantitative estimate of drug-likeness (QED) is 0.924. The van der Waals surface area contributed by atoms with E-state index in [1.165, 1.54) is 5.69 Å². The summed E-state index contributed by atoms with van der Waals surface area (Å²) < 4.78 is 11.6. The lowest BCUT2D eigenvalue weighted by atomic mass is 10.00. The Morgan fingerprint density at radius 2 is 1.77 bits per heavy atom. The zero-order valence-electron chi connectivity index (χ0n) is 14.6. The molecule has 5 nitrogen and oxygen atoms in total. The van der Waals surface area contributed by atoms with Crippen LogP contribution in [0.4, 0.5) is 5.69 Å². The molecule has 0 radical (unpaired) electrons. The van der Waals surface area contributed by atoms with Crippen molar-refractivity contribution in [2.24, 2.45) is 5.73 Å². The number of para-hydroxylation sites is 1. The first-order valence-corrected chi connectivity index (χ1v) is 8.89. The number of fused-ring (bicyclic) bond motifs is 1. The molecular weight excluding hydrogens is 328 g/mol. The predicted molar refractivity (Wildman–Crippen MR) is 101 cm³/mol. The van der Waals surface area contributed by atoms with Gasteiger partial charge in [0.25, 0.3) is 0 Å². The topological polar surface area (TPSA) is 64.8 Å². The first kappa shape index (κ1) is 16.7. The Kier molecular flexibility index (Phi) is 4.63. The number of carbonyl (C=O) groups is 1. The van der Waals surface area contributed by atoms with Gasteiger partial charge in [0.15, 0.2) is 0 Å². The molecule has 2 aliphatic rings. The van der Waals surface area contributed by atoms with Crippen molar-refractivity contribution >= 4 is 17.7 Å². The summed E-state index contributed by atoms with van der Waals surface area (Å²) in [6, 6.07) is 16.1. The molecule has 1 atom stereocenters. The fourth-order valence-electron chi connectivity index (χ4n) is 3.43. The number of amides is 1. The Morgan fingerprint density at radius 1 is 1.04 bits per heavy atom. The zero-order valence-corrected chi connectivity index (χ0v) is 14.6. The van der Waals surface area contributed by atoms with Crippen LogP contribution in [0, 0.1) is 0 Å². The molecule has 0 bridgehead atoms. The lowest BCUT2D eigenvalue weighted by Gasteiger charge is -2.29. The number of anilines is 1. The van der Waals surface area contributed by atoms with E-state index in [0.29, 0.717) is 12.0 Å². The van der Waals surface area contributed by atoms with Crippen molar-refractivity contribution in [1.29, 1.82) is 0 Å². The van der Waals surface area contributed by atoms with Crippen LogP contribution in [0.5, 0.6) is 5.75 Å². The molecular formula is C21H22N2O3. The number of hydrogen-bond donors (Lipinski definition) is 1. The molecule has 0 saturated carbocycles. The number of carbonyl (C=O) groups excluding carboxylic acids is 1. The van der Waals surface area contributed by atoms with Gasteiger partial charge in [-0.2, -0.15) is 0 Å². The summed E-state index contributed by atoms with van der Waals surface area (Å²) in [6.07, 6.45) is 2.05. The van der Waals surface area contributed by atoms with Crippen molar-refractivity contribution in [1.82, 2.24) is 0 Å². The summed E-state index contributed by atoms with van der Waals surface area (Å²) in [5, 5.41) is 0. The number of morpholine rings is 1. The van der Waals surface area contributed by atoms with E-state index < -0.39 is 5.91 Å². The Hall–Kier alpha value is -2.79. The third-order valence-corrected chi connectivity index (χ3v) is 4.88. The second-order valence-electron chi connectivity index (χ2n) is 6.57. The first-order chi connectivity index (χ1) is 12.7. The minimum atomic E-state index is -0.403. The van der Waals surface area contributed by atoms with Crippen LogP contribution in [0.2, 0.25) is 0 Å². The molecule has 4 rings (SSSR count). The monoisotopic (exact) mass is 350 g/mol. The predicted octanol–water partition coefficient (Wildman–Crippen LogP) is 2.92. The molecule has 2 heterocycles. The average molecular weight is 350 g/mol. The SMILES string of the molecule is NC(=O)C1=Cc2ccccc2OC(c2ccc(N3CCOCC3)cc2)C1. The minimum Gasteiger partial charge on any atom is -0.485 e. The molecule has 2 aliphatic heterocycles. The van der Waals surface area contributed by atoms with Crippen molar-refractivity contribution in [3.8, 4) is 5.75 Å². The van der Waals surface area contributed by atoms with E-state index in [0.717, 1.165) is 43.2 Å². The van der Waals surface area contributed by atoms with Gasteiger partial charge in [0.05, 0.1) is 13.2 Å². The highest BCUT2D eigenvalue weighted by molar-refractivity contribution is 5.97. The smallest absolute Gasteiger partial charge is 0.244 e. The van der Waals surface area contributed by atoms with Crippen molar-refractivity contribution in [2.75, 3.05) is 31.2 Å². The molecule has 2 aromatic rings. The number of nitrogens with zero attached hydrogens (tertiary/aromatic N) is 1. The molecule has 26 heavy (non-hydrogen) atoms. The van der Waals surface area contributed by atoms with E-state index in [4.69, 9.17) is 15.2 Å². The third-order valence-electron chi connectivity index (χ3n) is 4.88. The van der Waals surface area contributed by atoms with Crippen molar-refractivity contribution in [2.45, 2.75) is 12.5 Å². The maximum absolute atomic E-state index is 11.8. The van der Waals surface area contributed by atoms with Crippen molar-refractivity contribution < 1.29 is 14.3 Å². The first-order valence-electron chi connectivity index (χ1n) is 8.89. The summed E-state index contributed by atoms with van der Waals surface area (Å²) in [7, 11) is 0. The fourth-order valence-corrected chi connectivity index (χ4v) is 3.43. The lowest BCUT2D eigenvalue weighted by molar-refractivity contribution is -0.114. The number of rotatable bonds is 3. The summed E-state index contributed by atoms with van der Waals surface area (Å²) in [6.45, 7) is 3.33. The fraction of sp³-hybridized carbons (Fsp3) is 0.286. The molecule has 1 fully saturated rings. The van der Waals surface area contributed by atoms with Gasteiger partial charge in [-0.15, -0.1) is 0 Å². The van der Waals surface area contributed by atoms with Gasteiger partial charge in [-0.05, 0) is 29.8 Å². The minimum absolute atomic E-state index is 0.240. The molecule has 0 spiro atoms. The normalized spacial score (nSPS) is 19.8. The van der Waals surface area contributed by atoms with E-state index in [1.54, 1.807) is 0 Å². The van der Waals surface area contributed by atoms with Crippen molar-refractivity contribution in [3.05, 3.63) is 65.2 Å². The van der Waals surface area contributed by atoms with Gasteiger partial charge in [-0.25, -0.2) is 0 Å². The molecule has 2 aromatic carbocycles. The van der Waals surface area contributed by atoms with Gasteiger partial charge in [-0.1, -0.05) is 30.3 Å². The summed E-state index contributed by atoms with van der Waals surface area (Å²) in [5.74, 6) is 0.367. The lowest BCUT2D eigenvalue weighted by Crippen LogP contribution is -2.36. The van der Waals surface area contributed by atoms with Gasteiger partial charge >= 0.3 is 0 Å². The molecule has 0 aromatic heterocycles. The molecule has 1 saturated heterocycles. The highest BCUT2D eigenvalue weighted by Gasteiger charge is 2.23. The average Bonchev–Trinajstić information content (AvgIpc) is 2.89. The number of nitrogens with two attached hydrogens (primary N) is 1. The highest BCUT2D eigenvalue weighted by Crippen LogP contribution is 2.35. The Balaban J connectivity index is 1.60. The second kappa shape index (κ2) is 7.22. The Labute approximate surface area is 153 Å². The molecule has 134 valence electrons. The second-order valence-corrected chi connectivity index (χ2v) is 6.57. The van der Waals surface area contributed by atoms with E-state index in [2.05, 4.69) is 29.2 Å². The molecule has 0 aliphatic carbocycles. The largest absolute Gasteiger partial charge is 0.485 e. The number of benzene rings is 2. The number of hydrogen-bond acceptors (Lipinski definition) is 4. The molecule has 2 N–H and O–H groups in total. The Morgan fingerprint density at radius 3 is 2.50 bits per heavy atom. The van der Waals surface area contributed by atoms with E-state index >= 15 is 0 Å². The van der Waals surface area contributed by atoms with Crippen LogP contribution in [-0.2, 0) is 9.53 Å². The van der Waals surface area contributed by atoms with Crippen LogP contribution < -0.4 is 15.4 Å². The van der Waals surface area contributed by atoms with Crippen LogP contribution in [0.3, 0.4) is 0 Å². The van der Waals surface area contributed by atoms with Gasteiger partial charge in [0.2, 0.25) is 5.91 Å². The van der Waals surface area contributed by atoms with Crippen LogP contribution in [0.25, 0.3) is 6.08 Å². The summed E-state index contributed by atoms with van der Waals surface area (Å²) in [4.78, 5) is 14.1. The van der Waals surface area contributed by atoms with Crippen LogP contribution >= 0.6 is 0 Å². The standard InChI is InChI=1S/C21H22N2O3/c22-21(24)17-13-16-3-1-2-4-19(16)26-20(14-17)15-5-7-18(8-6-15)23-9-11-25-12-10-23/h1-8,13,20H,9-12,14H2,(H2,22,24). The summed E-state index contributed by atoms with van der Waals surface area (Å²) >= 11 is 0. The maximum Gasteiger partial charge on any atom is 0.244 e. The number of ether oxygens (including phenoxy) is 2. The third kappa shape index (κ3) is 3.44. The zero-order chi connectivity index (χ0) is 17.9. The maximum atomic E-state index is 11.8. The van der Waals surface area contributed by atoms with Gasteiger partial charge in [-0.3, -0.25) is 4.79 Å².